The van der Waals surface area contributed by atoms with Crippen molar-refractivity contribution in [1.29, 1.82) is 0 Å². The number of carboxylic acid groups (broad SMARTS) is 1. The standard InChI is InChI=1S/C44H68O19/c1-17(2)12-19(45)13-18(3)21-6-7-25-41(21,4)10-11-43-42(5)9-8-20-14-22(42)32(36(53)44(25,43)63-43)56-16-24-27(48)28(49)31(52)38(59-24)61-34-26(47)23(46)15-57-39(34)62-35-30(51)29(50)33(37(54)55)60-40(35)58-20/h17-18,20-36,38-40,46-53H,6-16H2,1-5H3,(H,54,55)/t18-,20+,21-,22-,23+,24-,25-,26+,27-,28+,29+,30+,31-,32+,33+,34-,35-,36-,38+,39+,40-,41-,42+,43+,44-/m1/s1. The van der Waals surface area contributed by atoms with E-state index in [2.05, 4.69) is 20.8 Å². The highest BCUT2D eigenvalue weighted by Crippen LogP contribution is 2.81. The summed E-state index contributed by atoms with van der Waals surface area (Å²) in [7, 11) is 0. The molecule has 5 heterocycles. The molecule has 4 aliphatic carbocycles. The van der Waals surface area contributed by atoms with E-state index in [9.17, 15) is 55.5 Å². The molecule has 0 unspecified atom stereocenters. The largest absolute Gasteiger partial charge is 0.479 e. The fraction of sp³-hybridized carbons (Fsp3) is 0.955. The van der Waals surface area contributed by atoms with Crippen molar-refractivity contribution < 1.29 is 93.4 Å². The Morgan fingerprint density at radius 2 is 1.38 bits per heavy atom. The van der Waals surface area contributed by atoms with Gasteiger partial charge in [-0.1, -0.05) is 34.6 Å². The summed E-state index contributed by atoms with van der Waals surface area (Å²) in [4.78, 5) is 25.4. The molecule has 0 aromatic rings. The van der Waals surface area contributed by atoms with Crippen LogP contribution < -0.4 is 0 Å². The molecule has 25 atom stereocenters. The summed E-state index contributed by atoms with van der Waals surface area (Å²) >= 11 is 0. The van der Waals surface area contributed by atoms with E-state index in [1.54, 1.807) is 0 Å². The highest BCUT2D eigenvalue weighted by molar-refractivity contribution is 5.78. The number of epoxide rings is 1. The summed E-state index contributed by atoms with van der Waals surface area (Å²) in [6.45, 7) is 9.81. The lowest BCUT2D eigenvalue weighted by Gasteiger charge is -2.61. The molecule has 0 aromatic heterocycles. The van der Waals surface area contributed by atoms with E-state index in [1.807, 2.05) is 13.8 Å². The van der Waals surface area contributed by atoms with E-state index < -0.39 is 146 Å². The fourth-order valence-corrected chi connectivity index (χ4v) is 14.3. The molecule has 0 spiro atoms. The Morgan fingerprint density at radius 3 is 2.10 bits per heavy atom. The van der Waals surface area contributed by atoms with Crippen LogP contribution in [0, 0.1) is 40.4 Å². The van der Waals surface area contributed by atoms with Gasteiger partial charge in [0.25, 0.3) is 0 Å². The van der Waals surface area contributed by atoms with Crippen LogP contribution in [0.15, 0.2) is 0 Å². The van der Waals surface area contributed by atoms with Crippen LogP contribution in [0.5, 0.6) is 0 Å². The summed E-state index contributed by atoms with van der Waals surface area (Å²) in [6.07, 6.45) is -22.0. The second kappa shape index (κ2) is 16.6. The lowest BCUT2D eigenvalue weighted by molar-refractivity contribution is -0.387. The van der Waals surface area contributed by atoms with Crippen molar-refractivity contribution in [1.82, 2.24) is 0 Å². The third-order valence-electron chi connectivity index (χ3n) is 17.4. The molecule has 0 radical (unpaired) electrons. The van der Waals surface area contributed by atoms with Gasteiger partial charge in [-0.2, -0.15) is 0 Å². The SMILES string of the molecule is CC(C)CC(=O)C[C@@H](C)[C@H]1CC[C@@H]2[C@]1(C)CC[C@@]13O[C@@]21[C@H](O)[C@H]1OC[C@H]2O[C@@H](O[C@H]4[C@@H](OC[C@H](O)[C@@H]4O)O[C@H]4[C@H](O[C@H]5CC[C@@]3(C)[C@@H]1C5)O[C@H](C(=O)O)[C@@H](O)[C@@H]4O)[C@H](O)[C@@H](O)[C@@H]2O. The topological polar surface area (TPSA) is 293 Å². The number of aliphatic hydroxyl groups excluding tert-OH is 8. The molecule has 5 aliphatic heterocycles. The van der Waals surface area contributed by atoms with Crippen molar-refractivity contribution in [3.63, 3.8) is 0 Å². The monoisotopic (exact) mass is 900 g/mol. The zero-order chi connectivity index (χ0) is 45.3. The Hall–Kier alpha value is -1.50. The first-order valence-electron chi connectivity index (χ1n) is 23.1. The molecule has 19 heteroatoms. The number of hydrogen-bond donors (Lipinski definition) is 9. The van der Waals surface area contributed by atoms with E-state index in [1.165, 1.54) is 0 Å². The number of ether oxygens (including phenoxy) is 8. The van der Waals surface area contributed by atoms with Crippen molar-refractivity contribution in [2.24, 2.45) is 40.4 Å². The molecule has 0 aromatic carbocycles. The average molecular weight is 901 g/mol. The van der Waals surface area contributed by atoms with Crippen LogP contribution >= 0.6 is 0 Å². The maximum Gasteiger partial charge on any atom is 0.335 e. The number of hydrogen-bond acceptors (Lipinski definition) is 18. The zero-order valence-corrected chi connectivity index (χ0v) is 36.6. The Morgan fingerprint density at radius 1 is 0.667 bits per heavy atom. The molecule has 9 N–H and O–H groups in total. The molecular weight excluding hydrogens is 832 g/mol. The molecule has 0 amide bonds. The smallest absolute Gasteiger partial charge is 0.335 e. The van der Waals surface area contributed by atoms with Gasteiger partial charge in [0.1, 0.15) is 84.1 Å². The first-order chi connectivity index (χ1) is 29.7. The van der Waals surface area contributed by atoms with E-state index >= 15 is 0 Å². The van der Waals surface area contributed by atoms with Gasteiger partial charge in [0.05, 0.1) is 25.4 Å². The predicted octanol–water partition coefficient (Wildman–Crippen LogP) is -0.886. The van der Waals surface area contributed by atoms with Gasteiger partial charge in [-0.05, 0) is 80.0 Å². The molecule has 4 saturated carbocycles. The second-order valence-electron chi connectivity index (χ2n) is 21.3. The number of aliphatic carboxylic acids is 1. The van der Waals surface area contributed by atoms with Gasteiger partial charge in [-0.15, -0.1) is 0 Å². The van der Waals surface area contributed by atoms with Gasteiger partial charge < -0.3 is 83.9 Å². The van der Waals surface area contributed by atoms with Crippen LogP contribution in [0.4, 0.5) is 0 Å². The molecule has 4 bridgehead atoms. The van der Waals surface area contributed by atoms with Crippen LogP contribution in [-0.4, -0.2) is 186 Å². The molecule has 358 valence electrons. The van der Waals surface area contributed by atoms with Gasteiger partial charge in [0.15, 0.2) is 25.0 Å². The lowest BCUT2D eigenvalue weighted by atomic mass is 9.43. The van der Waals surface area contributed by atoms with Gasteiger partial charge in [0, 0.05) is 18.3 Å². The highest BCUT2D eigenvalue weighted by atomic mass is 16.8. The zero-order valence-electron chi connectivity index (χ0n) is 36.6. The fourth-order valence-electron chi connectivity index (χ4n) is 14.3. The summed E-state index contributed by atoms with van der Waals surface area (Å²) in [5.41, 5.74) is -2.63. The maximum absolute atomic E-state index is 13.1. The van der Waals surface area contributed by atoms with Crippen molar-refractivity contribution in [2.75, 3.05) is 13.2 Å². The van der Waals surface area contributed by atoms with E-state index in [0.29, 0.717) is 32.1 Å². The number of fused-ring (bicyclic) bond motifs is 6. The number of rotatable bonds is 6. The normalized spacial score (nSPS) is 55.9. The highest BCUT2D eigenvalue weighted by Gasteiger charge is 2.90. The molecule has 19 nitrogen and oxygen atoms in total. The number of carbonyl (C=O) groups excluding carboxylic acids is 1. The van der Waals surface area contributed by atoms with Gasteiger partial charge >= 0.3 is 5.97 Å². The summed E-state index contributed by atoms with van der Waals surface area (Å²) in [5, 5.41) is 101. The molecule has 9 fully saturated rings. The van der Waals surface area contributed by atoms with Crippen LogP contribution in [0.2, 0.25) is 0 Å². The first-order valence-corrected chi connectivity index (χ1v) is 23.1. The quantitative estimate of drug-likeness (QED) is 0.115. The molecule has 9 rings (SSSR count). The number of Topliss-reactive ketones (excluding diaryl/α,β-unsaturated/α-hetero) is 1. The first kappa shape index (κ1) is 46.6. The van der Waals surface area contributed by atoms with Gasteiger partial charge in [-0.3, -0.25) is 4.79 Å². The van der Waals surface area contributed by atoms with E-state index in [-0.39, 0.29) is 41.3 Å². The Kier molecular flexibility index (Phi) is 12.3. The van der Waals surface area contributed by atoms with Crippen molar-refractivity contribution in [2.45, 2.75) is 208 Å². The van der Waals surface area contributed by atoms with Crippen LogP contribution in [-0.2, 0) is 47.5 Å². The third-order valence-corrected chi connectivity index (χ3v) is 17.4. The van der Waals surface area contributed by atoms with Crippen molar-refractivity contribution in [3.05, 3.63) is 0 Å². The average Bonchev–Trinajstić information content (AvgIpc) is 3.82. The van der Waals surface area contributed by atoms with Crippen LogP contribution in [0.3, 0.4) is 0 Å². The number of aliphatic hydroxyl groups is 8. The number of carboxylic acids is 1. The lowest BCUT2D eigenvalue weighted by Crippen LogP contribution is -2.70. The minimum atomic E-state index is -2.01. The van der Waals surface area contributed by atoms with Crippen LogP contribution in [0.25, 0.3) is 0 Å². The van der Waals surface area contributed by atoms with Crippen molar-refractivity contribution in [3.8, 4) is 0 Å². The summed E-state index contributed by atoms with van der Waals surface area (Å²) in [5.74, 6) is -1.27. The Bertz CT molecular complexity index is 1720. The maximum atomic E-state index is 13.1. The predicted molar refractivity (Wildman–Crippen MR) is 211 cm³/mol. The molecular formula is C44H68O19. The minimum Gasteiger partial charge on any atom is -0.479 e. The van der Waals surface area contributed by atoms with Crippen LogP contribution in [0.1, 0.15) is 92.4 Å². The van der Waals surface area contributed by atoms with E-state index in [4.69, 9.17) is 37.9 Å². The molecule has 63 heavy (non-hydrogen) atoms. The second-order valence-corrected chi connectivity index (χ2v) is 21.3. The Labute approximate surface area is 366 Å². The van der Waals surface area contributed by atoms with E-state index in [0.717, 1.165) is 19.3 Å². The number of carbonyl (C=O) groups is 2. The minimum absolute atomic E-state index is 0.0785. The summed E-state index contributed by atoms with van der Waals surface area (Å²) in [6, 6.07) is 0. The number of ketones is 1. The van der Waals surface area contributed by atoms with Gasteiger partial charge in [0.2, 0.25) is 0 Å². The molecule has 9 aliphatic rings. The third kappa shape index (κ3) is 7.12. The van der Waals surface area contributed by atoms with Gasteiger partial charge in [-0.25, -0.2) is 4.79 Å². The Balaban J connectivity index is 1.07. The summed E-state index contributed by atoms with van der Waals surface area (Å²) < 4.78 is 50.2. The van der Waals surface area contributed by atoms with Crippen molar-refractivity contribution >= 4 is 11.8 Å². The molecule has 5 saturated heterocycles.